The number of sulfone groups is 1. The van der Waals surface area contributed by atoms with Gasteiger partial charge in [0.25, 0.3) is 5.91 Å². The molecule has 1 atom stereocenters. The molecule has 0 radical (unpaired) electrons. The van der Waals surface area contributed by atoms with E-state index in [9.17, 15) is 26.4 Å². The summed E-state index contributed by atoms with van der Waals surface area (Å²) in [5.41, 5.74) is -1.02. The minimum Gasteiger partial charge on any atom is -0.342 e. The highest BCUT2D eigenvalue weighted by molar-refractivity contribution is 7.90. The van der Waals surface area contributed by atoms with Gasteiger partial charge < -0.3 is 5.32 Å². The number of rotatable bonds is 5. The summed E-state index contributed by atoms with van der Waals surface area (Å²) >= 11 is 0. The van der Waals surface area contributed by atoms with Crippen LogP contribution in [0.15, 0.2) is 41.8 Å². The summed E-state index contributed by atoms with van der Waals surface area (Å²) in [5, 5.41) is 6.54. The smallest absolute Gasteiger partial charge is 0.342 e. The Kier molecular flexibility index (Phi) is 5.81. The maximum atomic E-state index is 13.2. The summed E-state index contributed by atoms with van der Waals surface area (Å²) in [7, 11) is -3.98. The molecule has 2 heterocycles. The van der Waals surface area contributed by atoms with Crippen LogP contribution in [0.3, 0.4) is 0 Å². The van der Waals surface area contributed by atoms with Gasteiger partial charge in [-0.15, -0.1) is 0 Å². The Morgan fingerprint density at radius 1 is 1.13 bits per heavy atom. The molecule has 0 unspecified atom stereocenters. The number of aryl methyl sites for hydroxylation is 1. The molecule has 164 valence electrons. The van der Waals surface area contributed by atoms with Crippen LogP contribution in [0.5, 0.6) is 0 Å². The van der Waals surface area contributed by atoms with E-state index < -0.39 is 44.0 Å². The van der Waals surface area contributed by atoms with Gasteiger partial charge in [0, 0.05) is 11.8 Å². The van der Waals surface area contributed by atoms with Crippen molar-refractivity contribution in [2.24, 2.45) is 0 Å². The van der Waals surface area contributed by atoms with Crippen molar-refractivity contribution >= 4 is 15.7 Å². The topological polar surface area (TPSA) is 120 Å². The molecule has 1 N–H and O–H groups in total. The van der Waals surface area contributed by atoms with E-state index in [0.29, 0.717) is 23.6 Å². The molecule has 0 fully saturated rings. The van der Waals surface area contributed by atoms with E-state index in [2.05, 4.69) is 25.4 Å². The molecule has 0 aliphatic rings. The van der Waals surface area contributed by atoms with Gasteiger partial charge in [-0.2, -0.15) is 23.0 Å². The first kappa shape index (κ1) is 22.3. The zero-order valence-electron chi connectivity index (χ0n) is 16.5. The minimum absolute atomic E-state index is 0.252. The Bertz CT molecular complexity index is 1220. The fourth-order valence-electron chi connectivity index (χ4n) is 2.67. The molecule has 0 bridgehead atoms. The van der Waals surface area contributed by atoms with Gasteiger partial charge in [-0.05, 0) is 32.0 Å². The van der Waals surface area contributed by atoms with Gasteiger partial charge in [-0.25, -0.2) is 18.4 Å². The summed E-state index contributed by atoms with van der Waals surface area (Å²) in [6.07, 6.45) is 0.127. The molecule has 0 aliphatic carbocycles. The third-order valence-corrected chi connectivity index (χ3v) is 5.31. The van der Waals surface area contributed by atoms with Crippen LogP contribution >= 0.6 is 0 Å². The molecule has 0 aliphatic heterocycles. The molecule has 0 spiro atoms. The monoisotopic (exact) mass is 454 g/mol. The summed E-state index contributed by atoms with van der Waals surface area (Å²) < 4.78 is 64.5. The van der Waals surface area contributed by atoms with E-state index in [1.54, 1.807) is 13.8 Å². The number of nitrogens with zero attached hydrogens (tertiary/aromatic N) is 5. The van der Waals surface area contributed by atoms with Gasteiger partial charge in [-0.1, -0.05) is 0 Å². The number of nitrogens with one attached hydrogen (secondary N) is 1. The Hall–Kier alpha value is -3.35. The number of hydrogen-bond donors (Lipinski definition) is 1. The second-order valence-corrected chi connectivity index (χ2v) is 8.77. The average Bonchev–Trinajstić information content (AvgIpc) is 3.16. The highest BCUT2D eigenvalue weighted by atomic mass is 32.2. The number of amides is 1. The quantitative estimate of drug-likeness (QED) is 0.628. The number of hydrogen-bond acceptors (Lipinski definition) is 7. The lowest BCUT2D eigenvalue weighted by Gasteiger charge is -2.16. The van der Waals surface area contributed by atoms with E-state index >= 15 is 0 Å². The normalized spacial score (nSPS) is 13.1. The van der Waals surface area contributed by atoms with Gasteiger partial charge in [-0.3, -0.25) is 9.78 Å². The van der Waals surface area contributed by atoms with Crippen LogP contribution in [0, 0.1) is 6.92 Å². The van der Waals surface area contributed by atoms with Crippen LogP contribution in [0.4, 0.5) is 13.2 Å². The van der Waals surface area contributed by atoms with Crippen LogP contribution in [-0.4, -0.2) is 45.3 Å². The van der Waals surface area contributed by atoms with E-state index in [4.69, 9.17) is 0 Å². The van der Waals surface area contributed by atoms with E-state index in [1.807, 2.05) is 0 Å². The number of benzene rings is 1. The largest absolute Gasteiger partial charge is 0.416 e. The zero-order valence-corrected chi connectivity index (χ0v) is 17.4. The maximum absolute atomic E-state index is 13.2. The highest BCUT2D eigenvalue weighted by Crippen LogP contribution is 2.32. The number of aromatic nitrogens is 5. The predicted octanol–water partition coefficient (Wildman–Crippen LogP) is 2.28. The van der Waals surface area contributed by atoms with E-state index in [-0.39, 0.29) is 5.82 Å². The maximum Gasteiger partial charge on any atom is 0.416 e. The molecule has 3 aromatic rings. The standard InChI is InChI=1S/C18H17F3N6O3S/c1-10-7-23-15(8-22-10)27-16(24-9-25-27)11(2)26-17(28)12-4-13(18(19,20)21)6-14(5-12)31(3,29)30/h4-9,11H,1-3H3,(H,26,28)/t11-/m0/s1. The van der Waals surface area contributed by atoms with E-state index in [0.717, 1.165) is 12.3 Å². The number of carbonyl (C=O) groups excluding carboxylic acids is 1. The number of alkyl halides is 3. The van der Waals surface area contributed by atoms with Gasteiger partial charge >= 0.3 is 6.18 Å². The molecule has 3 rings (SSSR count). The highest BCUT2D eigenvalue weighted by Gasteiger charge is 2.33. The van der Waals surface area contributed by atoms with Crippen LogP contribution in [0.25, 0.3) is 5.82 Å². The Balaban J connectivity index is 1.92. The SMILES string of the molecule is Cc1cnc(-n2ncnc2[C@H](C)NC(=O)c2cc(C(F)(F)F)cc(S(C)(=O)=O)c2)cn1. The van der Waals surface area contributed by atoms with Gasteiger partial charge in [0.15, 0.2) is 21.5 Å². The molecule has 9 nitrogen and oxygen atoms in total. The first-order valence-corrected chi connectivity index (χ1v) is 10.7. The van der Waals surface area contributed by atoms with Crippen molar-refractivity contribution in [2.75, 3.05) is 6.26 Å². The molecule has 31 heavy (non-hydrogen) atoms. The number of halogens is 3. The van der Waals surface area contributed by atoms with E-state index in [1.165, 1.54) is 23.4 Å². The third-order valence-electron chi connectivity index (χ3n) is 4.22. The summed E-state index contributed by atoms with van der Waals surface area (Å²) in [4.78, 5) is 24.4. The zero-order chi connectivity index (χ0) is 23.0. The van der Waals surface area contributed by atoms with Crippen molar-refractivity contribution in [1.82, 2.24) is 30.0 Å². The molecule has 1 aromatic carbocycles. The van der Waals surface area contributed by atoms with Gasteiger partial charge in [0.2, 0.25) is 0 Å². The summed E-state index contributed by atoms with van der Waals surface area (Å²) in [6, 6.07) is 1.17. The Morgan fingerprint density at radius 2 is 1.84 bits per heavy atom. The van der Waals surface area contributed by atoms with Crippen LogP contribution < -0.4 is 5.32 Å². The second kappa shape index (κ2) is 8.06. The molecule has 2 aromatic heterocycles. The lowest BCUT2D eigenvalue weighted by molar-refractivity contribution is -0.137. The fraction of sp³-hybridized carbons (Fsp3) is 0.278. The average molecular weight is 454 g/mol. The van der Waals surface area contributed by atoms with Crippen molar-refractivity contribution < 1.29 is 26.4 Å². The Morgan fingerprint density at radius 3 is 2.42 bits per heavy atom. The lowest BCUT2D eigenvalue weighted by Crippen LogP contribution is -2.29. The Labute approximate surface area is 175 Å². The first-order chi connectivity index (χ1) is 14.4. The summed E-state index contributed by atoms with van der Waals surface area (Å²) in [6.45, 7) is 3.30. The van der Waals surface area contributed by atoms with Crippen molar-refractivity contribution in [3.63, 3.8) is 0 Å². The van der Waals surface area contributed by atoms with Crippen molar-refractivity contribution in [1.29, 1.82) is 0 Å². The molecule has 13 heteroatoms. The van der Waals surface area contributed by atoms with Crippen LogP contribution in [0.2, 0.25) is 0 Å². The molecule has 0 saturated heterocycles. The van der Waals surface area contributed by atoms with Crippen molar-refractivity contribution in [2.45, 2.75) is 31.0 Å². The molecule has 1 amide bonds. The third kappa shape index (κ3) is 5.05. The van der Waals surface area contributed by atoms with Crippen molar-refractivity contribution in [3.8, 4) is 5.82 Å². The fourth-order valence-corrected chi connectivity index (χ4v) is 3.35. The second-order valence-electron chi connectivity index (χ2n) is 6.76. The first-order valence-electron chi connectivity index (χ1n) is 8.78. The van der Waals surface area contributed by atoms with Gasteiger partial charge in [0.05, 0.1) is 34.6 Å². The molecular weight excluding hydrogens is 437 g/mol. The lowest BCUT2D eigenvalue weighted by atomic mass is 10.1. The minimum atomic E-state index is -4.83. The predicted molar refractivity (Wildman–Crippen MR) is 102 cm³/mol. The molecular formula is C18H17F3N6O3S. The summed E-state index contributed by atoms with van der Waals surface area (Å²) in [5.74, 6) is -0.326. The number of carbonyl (C=O) groups is 1. The van der Waals surface area contributed by atoms with Crippen LogP contribution in [-0.2, 0) is 16.0 Å². The molecule has 0 saturated carbocycles. The van der Waals surface area contributed by atoms with Crippen molar-refractivity contribution in [3.05, 3.63) is 59.6 Å². The van der Waals surface area contributed by atoms with Gasteiger partial charge in [0.1, 0.15) is 6.33 Å². The van der Waals surface area contributed by atoms with Crippen LogP contribution in [0.1, 0.15) is 40.4 Å².